The summed E-state index contributed by atoms with van der Waals surface area (Å²) < 4.78 is 37.6. The molecule has 1 aliphatic rings. The molecule has 0 radical (unpaired) electrons. The van der Waals surface area contributed by atoms with E-state index in [1.54, 1.807) is 6.92 Å². The van der Waals surface area contributed by atoms with Crippen LogP contribution >= 0.6 is 0 Å². The van der Waals surface area contributed by atoms with E-state index < -0.39 is 34.8 Å². The van der Waals surface area contributed by atoms with Crippen molar-refractivity contribution in [2.75, 3.05) is 7.11 Å². The van der Waals surface area contributed by atoms with Gasteiger partial charge in [-0.3, -0.25) is 4.79 Å². The number of aromatic hydroxyl groups is 1. The zero-order valence-corrected chi connectivity index (χ0v) is 19.0. The molecule has 7 nitrogen and oxygen atoms in total. The van der Waals surface area contributed by atoms with E-state index in [-0.39, 0.29) is 17.2 Å². The highest BCUT2D eigenvalue weighted by Gasteiger charge is 2.53. The van der Waals surface area contributed by atoms with Gasteiger partial charge in [-0.1, -0.05) is 24.3 Å². The van der Waals surface area contributed by atoms with E-state index in [0.717, 1.165) is 0 Å². The van der Waals surface area contributed by atoms with Crippen molar-refractivity contribution in [3.63, 3.8) is 0 Å². The molecule has 1 aliphatic carbocycles. The Morgan fingerprint density at radius 1 is 0.971 bits per heavy atom. The minimum atomic E-state index is -1.29. The second-order valence-electron chi connectivity index (χ2n) is 8.08. The van der Waals surface area contributed by atoms with Gasteiger partial charge < -0.3 is 19.9 Å². The van der Waals surface area contributed by atoms with Crippen molar-refractivity contribution in [2.45, 2.75) is 25.3 Å². The van der Waals surface area contributed by atoms with Crippen LogP contribution in [0.4, 0.5) is 8.78 Å². The van der Waals surface area contributed by atoms with Crippen LogP contribution in [0.2, 0.25) is 0 Å². The summed E-state index contributed by atoms with van der Waals surface area (Å²) in [5.41, 5.74) is 0.0126. The number of halogens is 2. The number of carbonyl (C=O) groups is 2. The lowest BCUT2D eigenvalue weighted by Crippen LogP contribution is -2.44. The van der Waals surface area contributed by atoms with Gasteiger partial charge in [0, 0.05) is 17.8 Å². The molecule has 4 rings (SSSR count). The first kappa shape index (κ1) is 23.9. The van der Waals surface area contributed by atoms with E-state index in [2.05, 4.69) is 10.3 Å². The zero-order chi connectivity index (χ0) is 25.2. The Morgan fingerprint density at radius 3 is 2.00 bits per heavy atom. The van der Waals surface area contributed by atoms with Crippen LogP contribution in [0.5, 0.6) is 11.5 Å². The number of amides is 1. The van der Waals surface area contributed by atoms with Crippen molar-refractivity contribution in [1.82, 2.24) is 10.3 Å². The SMILES string of the molecule is COc1ccnc(C(=O)NC2(C(=O)OC(C)=C(c3ccc(F)cc3)c3ccc(F)cc3)CC2)c1O. The number of hydrogen-bond acceptors (Lipinski definition) is 6. The summed E-state index contributed by atoms with van der Waals surface area (Å²) in [5.74, 6) is -2.51. The van der Waals surface area contributed by atoms with Gasteiger partial charge in [0.1, 0.15) is 22.9 Å². The molecule has 1 aromatic heterocycles. The molecule has 180 valence electrons. The van der Waals surface area contributed by atoms with Gasteiger partial charge in [-0.25, -0.2) is 18.6 Å². The summed E-state index contributed by atoms with van der Waals surface area (Å²) in [7, 11) is 1.34. The number of carbonyl (C=O) groups excluding carboxylic acids is 2. The number of ether oxygens (including phenoxy) is 2. The van der Waals surface area contributed by atoms with Gasteiger partial charge in [-0.2, -0.15) is 0 Å². The molecular formula is C26H22F2N2O5. The number of esters is 1. The smallest absolute Gasteiger partial charge is 0.336 e. The Bertz CT molecular complexity index is 1250. The average Bonchev–Trinajstić information content (AvgIpc) is 3.62. The first-order valence-corrected chi connectivity index (χ1v) is 10.7. The molecule has 3 aromatic rings. The fraction of sp³-hybridized carbons (Fsp3) is 0.192. The van der Waals surface area contributed by atoms with Crippen LogP contribution in [0.15, 0.2) is 66.6 Å². The van der Waals surface area contributed by atoms with Crippen molar-refractivity contribution in [3.05, 3.63) is 95.0 Å². The Balaban J connectivity index is 1.61. The number of nitrogens with one attached hydrogen (secondary N) is 1. The van der Waals surface area contributed by atoms with Crippen molar-refractivity contribution in [2.24, 2.45) is 0 Å². The lowest BCUT2D eigenvalue weighted by atomic mass is 9.97. The summed E-state index contributed by atoms with van der Waals surface area (Å²) in [5, 5.41) is 12.8. The van der Waals surface area contributed by atoms with Crippen molar-refractivity contribution in [1.29, 1.82) is 0 Å². The number of rotatable bonds is 7. The Kier molecular flexibility index (Phi) is 6.50. The number of aromatic nitrogens is 1. The Labute approximate surface area is 200 Å². The van der Waals surface area contributed by atoms with Crippen LogP contribution in [0, 0.1) is 11.6 Å². The molecule has 1 saturated carbocycles. The van der Waals surface area contributed by atoms with E-state index in [1.807, 2.05) is 0 Å². The number of allylic oxidation sites excluding steroid dienone is 1. The molecule has 35 heavy (non-hydrogen) atoms. The van der Waals surface area contributed by atoms with Crippen molar-refractivity contribution in [3.8, 4) is 11.5 Å². The van der Waals surface area contributed by atoms with Gasteiger partial charge in [0.25, 0.3) is 5.91 Å². The van der Waals surface area contributed by atoms with Gasteiger partial charge in [0.05, 0.1) is 7.11 Å². The second kappa shape index (κ2) is 9.54. The molecule has 1 fully saturated rings. The largest absolute Gasteiger partial charge is 0.503 e. The molecule has 0 unspecified atom stereocenters. The summed E-state index contributed by atoms with van der Waals surface area (Å²) >= 11 is 0. The molecular weight excluding hydrogens is 458 g/mol. The van der Waals surface area contributed by atoms with Gasteiger partial charge in [-0.05, 0) is 55.2 Å². The number of hydrogen-bond donors (Lipinski definition) is 2. The molecule has 0 spiro atoms. The van der Waals surface area contributed by atoms with Crippen LogP contribution in [0.25, 0.3) is 5.57 Å². The van der Waals surface area contributed by atoms with Crippen LogP contribution in [0.3, 0.4) is 0 Å². The lowest BCUT2D eigenvalue weighted by Gasteiger charge is -2.19. The van der Waals surface area contributed by atoms with Gasteiger partial charge in [0.2, 0.25) is 0 Å². The van der Waals surface area contributed by atoms with Crippen LogP contribution in [0.1, 0.15) is 41.4 Å². The minimum Gasteiger partial charge on any atom is -0.503 e. The first-order valence-electron chi connectivity index (χ1n) is 10.7. The highest BCUT2D eigenvalue weighted by atomic mass is 19.1. The molecule has 0 saturated heterocycles. The predicted molar refractivity (Wildman–Crippen MR) is 122 cm³/mol. The highest BCUT2D eigenvalue weighted by molar-refractivity contribution is 6.00. The molecule has 0 aliphatic heterocycles. The molecule has 2 N–H and O–H groups in total. The number of pyridine rings is 1. The van der Waals surface area contributed by atoms with E-state index in [9.17, 15) is 23.5 Å². The standard InChI is InChI=1S/C26H22F2N2O5/c1-15(21(16-3-7-18(27)8-4-16)17-5-9-19(28)10-6-17)35-25(33)26(12-13-26)30-24(32)22-23(31)20(34-2)11-14-29-22/h3-11,14,31H,12-13H2,1-2H3,(H,30,32). The maximum atomic E-state index is 13.5. The number of nitrogens with zero attached hydrogens (tertiary/aromatic N) is 1. The summed E-state index contributed by atoms with van der Waals surface area (Å²) in [6, 6.07) is 12.6. The summed E-state index contributed by atoms with van der Waals surface area (Å²) in [4.78, 5) is 29.7. The molecule has 2 aromatic carbocycles. The normalized spacial score (nSPS) is 13.5. The van der Waals surface area contributed by atoms with E-state index in [1.165, 1.54) is 67.9 Å². The third kappa shape index (κ3) is 4.98. The molecule has 0 bridgehead atoms. The summed E-state index contributed by atoms with van der Waals surface area (Å²) in [6.07, 6.45) is 1.96. The van der Waals surface area contributed by atoms with Crippen molar-refractivity contribution >= 4 is 17.4 Å². The Hall–Kier alpha value is -4.27. The first-order chi connectivity index (χ1) is 16.7. The van der Waals surface area contributed by atoms with Gasteiger partial charge in [0.15, 0.2) is 17.2 Å². The van der Waals surface area contributed by atoms with Crippen LogP contribution in [-0.2, 0) is 9.53 Å². The lowest BCUT2D eigenvalue weighted by molar-refractivity contribution is -0.142. The fourth-order valence-corrected chi connectivity index (χ4v) is 3.64. The number of methoxy groups -OCH3 is 1. The Morgan fingerprint density at radius 2 is 1.51 bits per heavy atom. The minimum absolute atomic E-state index is 0.0691. The average molecular weight is 480 g/mol. The quantitative estimate of drug-likeness (QED) is 0.385. The third-order valence-electron chi connectivity index (χ3n) is 5.68. The fourth-order valence-electron chi connectivity index (χ4n) is 3.64. The molecule has 1 amide bonds. The molecule has 0 atom stereocenters. The van der Waals surface area contributed by atoms with Crippen LogP contribution in [-0.4, -0.2) is 34.6 Å². The molecule has 9 heteroatoms. The maximum absolute atomic E-state index is 13.5. The van der Waals surface area contributed by atoms with E-state index >= 15 is 0 Å². The summed E-state index contributed by atoms with van der Waals surface area (Å²) in [6.45, 7) is 1.56. The highest BCUT2D eigenvalue weighted by Crippen LogP contribution is 2.39. The van der Waals surface area contributed by atoms with E-state index in [0.29, 0.717) is 29.5 Å². The predicted octanol–water partition coefficient (Wildman–Crippen LogP) is 4.36. The second-order valence-corrected chi connectivity index (χ2v) is 8.08. The van der Waals surface area contributed by atoms with E-state index in [4.69, 9.17) is 9.47 Å². The molecule has 1 heterocycles. The van der Waals surface area contributed by atoms with Crippen LogP contribution < -0.4 is 10.1 Å². The zero-order valence-electron chi connectivity index (χ0n) is 19.0. The van der Waals surface area contributed by atoms with Crippen molar-refractivity contribution < 1.29 is 33.0 Å². The van der Waals surface area contributed by atoms with Gasteiger partial charge >= 0.3 is 5.97 Å². The monoisotopic (exact) mass is 480 g/mol. The number of benzene rings is 2. The third-order valence-corrected chi connectivity index (χ3v) is 5.68. The topological polar surface area (TPSA) is 97.8 Å². The van der Waals surface area contributed by atoms with Gasteiger partial charge in [-0.15, -0.1) is 0 Å². The maximum Gasteiger partial charge on any atom is 0.336 e.